The summed E-state index contributed by atoms with van der Waals surface area (Å²) < 4.78 is 34.3. The molecule has 0 radical (unpaired) electrons. The maximum Gasteiger partial charge on any atom is 0.306 e. The van der Waals surface area contributed by atoms with Crippen molar-refractivity contribution < 1.29 is 42.1 Å². The first kappa shape index (κ1) is 86.6. The number of phosphoric acid groups is 1. The monoisotopic (exact) mass is 1290 g/mol. The summed E-state index contributed by atoms with van der Waals surface area (Å²) in [5.41, 5.74) is 0. The van der Waals surface area contributed by atoms with E-state index in [1.54, 1.807) is 0 Å². The predicted molar refractivity (Wildman–Crippen MR) is 396 cm³/mol. The third-order valence-corrected chi connectivity index (χ3v) is 15.3. The molecule has 0 N–H and O–H groups in total. The minimum Gasteiger partial charge on any atom is -0.756 e. The topological polar surface area (TPSA) is 111 Å². The van der Waals surface area contributed by atoms with Crippen molar-refractivity contribution in [3.63, 3.8) is 0 Å². The molecule has 2 unspecified atom stereocenters. The quantitative estimate of drug-likeness (QED) is 0.0195. The van der Waals surface area contributed by atoms with Gasteiger partial charge in [0.15, 0.2) is 6.10 Å². The van der Waals surface area contributed by atoms with Gasteiger partial charge in [-0.15, -0.1) is 0 Å². The molecular formula is C82H130NO8P. The van der Waals surface area contributed by atoms with Crippen LogP contribution in [0.2, 0.25) is 0 Å². The van der Waals surface area contributed by atoms with Crippen LogP contribution >= 0.6 is 7.82 Å². The van der Waals surface area contributed by atoms with Crippen LogP contribution in [-0.2, 0) is 32.7 Å². The number of allylic oxidation sites excluding steroid dienone is 34. The third-order valence-electron chi connectivity index (χ3n) is 14.3. The molecule has 9 nitrogen and oxygen atoms in total. The van der Waals surface area contributed by atoms with E-state index >= 15 is 0 Å². The molecule has 0 aromatic rings. The molecule has 0 aliphatic heterocycles. The number of hydrogen-bond donors (Lipinski definition) is 0. The zero-order valence-corrected chi connectivity index (χ0v) is 59.5. The second kappa shape index (κ2) is 69.9. The van der Waals surface area contributed by atoms with Crippen molar-refractivity contribution in [1.82, 2.24) is 0 Å². The summed E-state index contributed by atoms with van der Waals surface area (Å²) in [5, 5.41) is 0. The van der Waals surface area contributed by atoms with Crippen LogP contribution in [0.5, 0.6) is 0 Å². The molecule has 0 heterocycles. The molecule has 0 aliphatic rings. The van der Waals surface area contributed by atoms with Gasteiger partial charge in [0.1, 0.15) is 19.8 Å². The van der Waals surface area contributed by atoms with Gasteiger partial charge in [0, 0.05) is 12.8 Å². The number of esters is 2. The Hall–Kier alpha value is -5.41. The number of likely N-dealkylation sites (N-methyl/N-ethyl adjacent to an activating group) is 1. The Morgan fingerprint density at radius 3 is 0.870 bits per heavy atom. The zero-order valence-electron chi connectivity index (χ0n) is 58.7. The number of carbonyl (C=O) groups is 2. The summed E-state index contributed by atoms with van der Waals surface area (Å²) in [6, 6.07) is 0. The lowest BCUT2D eigenvalue weighted by atomic mass is 10.1. The molecule has 0 saturated heterocycles. The molecule has 10 heteroatoms. The molecular weight excluding hydrogens is 1160 g/mol. The molecule has 0 spiro atoms. The van der Waals surface area contributed by atoms with Crippen molar-refractivity contribution in [2.45, 2.75) is 251 Å². The van der Waals surface area contributed by atoms with Gasteiger partial charge in [-0.1, -0.05) is 291 Å². The largest absolute Gasteiger partial charge is 0.756 e. The van der Waals surface area contributed by atoms with Gasteiger partial charge in [-0.25, -0.2) is 0 Å². The van der Waals surface area contributed by atoms with Crippen LogP contribution in [-0.4, -0.2) is 70.0 Å². The molecule has 0 rings (SSSR count). The van der Waals surface area contributed by atoms with Gasteiger partial charge in [-0.3, -0.25) is 14.2 Å². The highest BCUT2D eigenvalue weighted by Gasteiger charge is 2.22. The number of ether oxygens (including phenoxy) is 2. The second-order valence-electron chi connectivity index (χ2n) is 24.1. The molecule has 0 bridgehead atoms. The van der Waals surface area contributed by atoms with E-state index in [-0.39, 0.29) is 26.1 Å². The summed E-state index contributed by atoms with van der Waals surface area (Å²) in [4.78, 5) is 38.1. The van der Waals surface area contributed by atoms with Gasteiger partial charge in [0.2, 0.25) is 0 Å². The molecule has 0 fully saturated rings. The number of unbranched alkanes of at least 4 members (excludes halogenated alkanes) is 15. The SMILES string of the molecule is CC/C=C\C/C=C\C/C=C\C/C=C\C/C=C\C/C=C\C/C=C\C/C=C\C/C=C\CCCCCCCCCCCC(=O)OC(COC(=O)CCCCCCCC/C=C\C/C=C\C/C=C\C/C=C\C/C=C\C/C=C\C/C=C\C/C=C\CC)COP(=O)([O-])OCC[N+](C)(C)C. The number of nitrogens with zero attached hydrogens (tertiary/aromatic N) is 1. The number of phosphoric ester groups is 1. The Kier molecular flexibility index (Phi) is 65.8. The molecule has 516 valence electrons. The van der Waals surface area contributed by atoms with E-state index in [2.05, 4.69) is 220 Å². The molecule has 0 amide bonds. The number of quaternary nitrogens is 1. The average molecular weight is 1290 g/mol. The predicted octanol–water partition coefficient (Wildman–Crippen LogP) is 23.2. The van der Waals surface area contributed by atoms with E-state index in [1.807, 2.05) is 21.1 Å². The van der Waals surface area contributed by atoms with E-state index in [4.69, 9.17) is 18.5 Å². The highest BCUT2D eigenvalue weighted by Crippen LogP contribution is 2.38. The molecule has 92 heavy (non-hydrogen) atoms. The Bertz CT molecular complexity index is 2310. The van der Waals surface area contributed by atoms with Crippen LogP contribution in [0.4, 0.5) is 0 Å². The van der Waals surface area contributed by atoms with Crippen LogP contribution in [0.15, 0.2) is 207 Å². The van der Waals surface area contributed by atoms with Gasteiger partial charge < -0.3 is 27.9 Å². The Balaban J connectivity index is 4.18. The maximum absolute atomic E-state index is 12.9. The molecule has 2 atom stereocenters. The van der Waals surface area contributed by atoms with Crippen LogP contribution < -0.4 is 4.89 Å². The maximum atomic E-state index is 12.9. The number of hydrogen-bond acceptors (Lipinski definition) is 8. The summed E-state index contributed by atoms with van der Waals surface area (Å²) in [5.74, 6) is -0.872. The Labute approximate surface area is 564 Å². The fraction of sp³-hybridized carbons (Fsp3) is 0.561. The van der Waals surface area contributed by atoms with Crippen LogP contribution in [0, 0.1) is 0 Å². The highest BCUT2D eigenvalue weighted by atomic mass is 31.2. The van der Waals surface area contributed by atoms with E-state index in [0.717, 1.165) is 173 Å². The number of rotatable bonds is 63. The van der Waals surface area contributed by atoms with Crippen molar-refractivity contribution in [2.75, 3.05) is 47.5 Å². The van der Waals surface area contributed by atoms with Crippen molar-refractivity contribution in [3.05, 3.63) is 207 Å². The highest BCUT2D eigenvalue weighted by molar-refractivity contribution is 7.45. The Morgan fingerprint density at radius 1 is 0.337 bits per heavy atom. The first-order chi connectivity index (χ1) is 45.0. The van der Waals surface area contributed by atoms with Crippen molar-refractivity contribution >= 4 is 19.8 Å². The van der Waals surface area contributed by atoms with Crippen LogP contribution in [0.1, 0.15) is 245 Å². The van der Waals surface area contributed by atoms with Crippen molar-refractivity contribution in [1.29, 1.82) is 0 Å². The normalized spacial score (nSPS) is 14.4. The molecule has 0 aliphatic carbocycles. The number of carbonyl (C=O) groups excluding carboxylic acids is 2. The first-order valence-corrected chi connectivity index (χ1v) is 37.3. The van der Waals surface area contributed by atoms with Gasteiger partial charge in [0.05, 0.1) is 27.7 Å². The smallest absolute Gasteiger partial charge is 0.306 e. The van der Waals surface area contributed by atoms with Gasteiger partial charge in [0.25, 0.3) is 7.82 Å². The van der Waals surface area contributed by atoms with Gasteiger partial charge in [-0.05, 0) is 148 Å². The lowest BCUT2D eigenvalue weighted by molar-refractivity contribution is -0.870. The first-order valence-electron chi connectivity index (χ1n) is 35.8. The summed E-state index contributed by atoms with van der Waals surface area (Å²) >= 11 is 0. The minimum absolute atomic E-state index is 0.0463. The van der Waals surface area contributed by atoms with Crippen molar-refractivity contribution in [3.8, 4) is 0 Å². The van der Waals surface area contributed by atoms with E-state index in [1.165, 1.54) is 32.1 Å². The van der Waals surface area contributed by atoms with Crippen molar-refractivity contribution in [2.24, 2.45) is 0 Å². The van der Waals surface area contributed by atoms with E-state index in [9.17, 15) is 19.0 Å². The van der Waals surface area contributed by atoms with Crippen LogP contribution in [0.3, 0.4) is 0 Å². The average Bonchev–Trinajstić information content (AvgIpc) is 2.34. The summed E-state index contributed by atoms with van der Waals surface area (Å²) in [6.07, 6.45) is 110. The fourth-order valence-electron chi connectivity index (χ4n) is 8.90. The lowest BCUT2D eigenvalue weighted by Gasteiger charge is -2.28. The summed E-state index contributed by atoms with van der Waals surface area (Å²) in [7, 11) is 1.12. The lowest BCUT2D eigenvalue weighted by Crippen LogP contribution is -2.37. The van der Waals surface area contributed by atoms with E-state index < -0.39 is 32.5 Å². The molecule has 0 aromatic carbocycles. The van der Waals surface area contributed by atoms with Gasteiger partial charge >= 0.3 is 11.9 Å². The summed E-state index contributed by atoms with van der Waals surface area (Å²) in [6.45, 7) is 3.96. The van der Waals surface area contributed by atoms with E-state index in [0.29, 0.717) is 23.9 Å². The van der Waals surface area contributed by atoms with Crippen LogP contribution in [0.25, 0.3) is 0 Å². The second-order valence-corrected chi connectivity index (χ2v) is 25.5. The fourth-order valence-corrected chi connectivity index (χ4v) is 9.63. The Morgan fingerprint density at radius 2 is 0.587 bits per heavy atom. The zero-order chi connectivity index (χ0) is 66.9. The third kappa shape index (κ3) is 73.6. The van der Waals surface area contributed by atoms with Gasteiger partial charge in [-0.2, -0.15) is 0 Å². The standard InChI is InChI=1S/C82H130NO8P/c1-6-8-10-12-14-16-18-20-22-24-26-28-30-32-34-36-38-39-40-41-42-43-45-47-49-51-53-55-57-59-61-63-65-67-69-71-73-75-82(85)91-80(79-90-92(86,87)89-77-76-83(3,4)5)78-88-81(84)74-72-70-68-66-64-62-60-58-56-54-52-50-48-46-44-37-35-33-31-29-27-25-23-21-19-17-15-13-11-9-7-2/h8-11,14-17,20-23,26-29,32-35,38-39,41-42,44-47,50-53,56,58,80H,6-7,12-13,18-19,24-25,30-31,36-37,40,43,48-49,54-55,57,59-79H2,1-5H3/b10-8-,11-9-,16-14-,17-15-,22-20-,23-21-,28-26-,29-27-,34-32-,35-33-,39-38-,42-41-,46-44-,47-45-,52-50-,53-51-,58-56-. The molecule has 0 aromatic heterocycles. The molecule has 0 saturated carbocycles. The minimum atomic E-state index is -4.66.